The molecule has 0 heterocycles. The van der Waals surface area contributed by atoms with Gasteiger partial charge in [0.25, 0.3) is 0 Å². The van der Waals surface area contributed by atoms with Crippen LogP contribution in [0.2, 0.25) is 0 Å². The summed E-state index contributed by atoms with van der Waals surface area (Å²) in [5, 5.41) is 11.8. The summed E-state index contributed by atoms with van der Waals surface area (Å²) in [5.74, 6) is 7.79. The van der Waals surface area contributed by atoms with Crippen molar-refractivity contribution in [1.82, 2.24) is 0 Å². The van der Waals surface area contributed by atoms with Crippen LogP contribution >= 0.6 is 11.6 Å². The van der Waals surface area contributed by atoms with Gasteiger partial charge in [-0.2, -0.15) is 0 Å². The fourth-order valence-electron chi connectivity index (χ4n) is 7.35. The fourth-order valence-corrected chi connectivity index (χ4v) is 7.42. The number of alkyl halides is 1. The largest absolute Gasteiger partial charge is 0.378 e. The van der Waals surface area contributed by atoms with E-state index in [2.05, 4.69) is 62.0 Å². The quantitative estimate of drug-likeness (QED) is 0.456. The van der Waals surface area contributed by atoms with E-state index >= 15 is 0 Å². The van der Waals surface area contributed by atoms with Crippen LogP contribution in [-0.4, -0.2) is 36.5 Å². The molecule has 0 aliphatic heterocycles. The number of aliphatic hydroxyl groups is 1. The standard InChI is InChI=1S/C29H34ClNO2/c1-28-18-25(19-5-8-21(9-6-19)31(2)3)27-23-12-10-22(32)17-20(23)7-11-24(27)26(28)13-15-29(28,33)14-4-16-30/h5-6,8-9,17,24-26,33H,7,10-13,15-16,18H2,1-3H3/t24-,25+,26-,28-,29-/m0/s1. The highest BCUT2D eigenvalue weighted by atomic mass is 35.5. The van der Waals surface area contributed by atoms with Gasteiger partial charge >= 0.3 is 0 Å². The number of hydrogen-bond donors (Lipinski definition) is 1. The van der Waals surface area contributed by atoms with Gasteiger partial charge in [0.2, 0.25) is 0 Å². The van der Waals surface area contributed by atoms with Crippen molar-refractivity contribution in [1.29, 1.82) is 0 Å². The summed E-state index contributed by atoms with van der Waals surface area (Å²) in [6.45, 7) is 2.27. The van der Waals surface area contributed by atoms with E-state index in [0.29, 0.717) is 24.7 Å². The highest BCUT2D eigenvalue weighted by Crippen LogP contribution is 2.66. The molecular weight excluding hydrogens is 430 g/mol. The number of carbonyl (C=O) groups is 1. The molecule has 0 bridgehead atoms. The van der Waals surface area contributed by atoms with Crippen LogP contribution in [0.1, 0.15) is 63.4 Å². The first-order chi connectivity index (χ1) is 15.8. The lowest BCUT2D eigenvalue weighted by Crippen LogP contribution is -2.51. The third kappa shape index (κ3) is 3.58. The Morgan fingerprint density at radius 1 is 1.15 bits per heavy atom. The average Bonchev–Trinajstić information content (AvgIpc) is 3.07. The zero-order chi connectivity index (χ0) is 23.4. The average molecular weight is 464 g/mol. The third-order valence-corrected chi connectivity index (χ3v) is 9.19. The van der Waals surface area contributed by atoms with Crippen LogP contribution in [0.4, 0.5) is 5.69 Å². The molecule has 33 heavy (non-hydrogen) atoms. The van der Waals surface area contributed by atoms with Crippen LogP contribution in [0.3, 0.4) is 0 Å². The highest BCUT2D eigenvalue weighted by molar-refractivity contribution is 6.19. The van der Waals surface area contributed by atoms with Crippen molar-refractivity contribution in [3.63, 3.8) is 0 Å². The summed E-state index contributed by atoms with van der Waals surface area (Å²) in [6, 6.07) is 8.92. The predicted molar refractivity (Wildman–Crippen MR) is 134 cm³/mol. The molecule has 0 radical (unpaired) electrons. The summed E-state index contributed by atoms with van der Waals surface area (Å²) in [6.07, 6.45) is 8.02. The zero-order valence-electron chi connectivity index (χ0n) is 20.0. The van der Waals surface area contributed by atoms with Crippen molar-refractivity contribution < 1.29 is 9.90 Å². The van der Waals surface area contributed by atoms with E-state index in [4.69, 9.17) is 11.6 Å². The Morgan fingerprint density at radius 3 is 2.61 bits per heavy atom. The number of ketones is 1. The fraction of sp³-hybridized carbons (Fsp3) is 0.552. The molecule has 0 unspecified atom stereocenters. The number of halogens is 1. The molecule has 0 amide bonds. The smallest absolute Gasteiger partial charge is 0.156 e. The number of carbonyl (C=O) groups excluding carboxylic acids is 1. The maximum Gasteiger partial charge on any atom is 0.156 e. The Morgan fingerprint density at radius 2 is 1.91 bits per heavy atom. The Labute approximate surface area is 202 Å². The monoisotopic (exact) mass is 463 g/mol. The number of fused-ring (bicyclic) bond motifs is 4. The van der Waals surface area contributed by atoms with Gasteiger partial charge in [0, 0.05) is 37.5 Å². The van der Waals surface area contributed by atoms with Crippen molar-refractivity contribution in [3.8, 4) is 11.8 Å². The molecule has 0 aromatic heterocycles. The second-order valence-corrected chi connectivity index (χ2v) is 11.1. The number of benzene rings is 1. The number of nitrogens with zero attached hydrogens (tertiary/aromatic N) is 1. The summed E-state index contributed by atoms with van der Waals surface area (Å²) in [4.78, 5) is 14.3. The lowest BCUT2D eigenvalue weighted by molar-refractivity contribution is -0.114. The molecule has 4 aliphatic carbocycles. The molecule has 3 nitrogen and oxygen atoms in total. The van der Waals surface area contributed by atoms with Crippen LogP contribution in [-0.2, 0) is 4.79 Å². The van der Waals surface area contributed by atoms with Gasteiger partial charge in [-0.3, -0.25) is 4.79 Å². The van der Waals surface area contributed by atoms with Crippen LogP contribution in [0, 0.1) is 29.1 Å². The number of allylic oxidation sites excluding steroid dienone is 4. The maximum absolute atomic E-state index is 12.2. The molecule has 1 N–H and O–H groups in total. The van der Waals surface area contributed by atoms with E-state index in [1.807, 2.05) is 6.08 Å². The van der Waals surface area contributed by atoms with Crippen molar-refractivity contribution >= 4 is 23.1 Å². The maximum atomic E-state index is 12.2. The highest BCUT2D eigenvalue weighted by Gasteiger charge is 2.62. The van der Waals surface area contributed by atoms with Crippen LogP contribution in [0.25, 0.3) is 0 Å². The first-order valence-electron chi connectivity index (χ1n) is 12.3. The van der Waals surface area contributed by atoms with Gasteiger partial charge in [-0.15, -0.1) is 11.6 Å². The summed E-state index contributed by atoms with van der Waals surface area (Å²) >= 11 is 5.90. The Balaban J connectivity index is 1.66. The lowest BCUT2D eigenvalue weighted by atomic mass is 9.51. The molecule has 1 aromatic carbocycles. The van der Waals surface area contributed by atoms with E-state index in [9.17, 15) is 9.90 Å². The van der Waals surface area contributed by atoms with Crippen molar-refractivity contribution in [2.24, 2.45) is 17.3 Å². The molecule has 0 saturated heterocycles. The molecule has 174 valence electrons. The number of anilines is 1. The second kappa shape index (κ2) is 8.33. The SMILES string of the molecule is CN(C)c1ccc([C@H]2C[C@@]3(C)[C@@H](CC[C@@]3(O)C#CCCl)[C@@H]3CCC4=CC(=O)CCC4=C32)cc1. The summed E-state index contributed by atoms with van der Waals surface area (Å²) in [7, 11) is 4.13. The van der Waals surface area contributed by atoms with E-state index in [-0.39, 0.29) is 23.0 Å². The Kier molecular flexibility index (Phi) is 5.74. The van der Waals surface area contributed by atoms with Crippen molar-refractivity contribution in [2.75, 3.05) is 24.9 Å². The van der Waals surface area contributed by atoms with Gasteiger partial charge < -0.3 is 10.0 Å². The molecule has 5 atom stereocenters. The molecule has 4 aliphatic rings. The minimum atomic E-state index is -0.997. The minimum absolute atomic E-state index is 0.238. The van der Waals surface area contributed by atoms with E-state index in [1.165, 1.54) is 22.4 Å². The minimum Gasteiger partial charge on any atom is -0.378 e. The molecule has 2 saturated carbocycles. The van der Waals surface area contributed by atoms with Crippen molar-refractivity contribution in [2.45, 2.75) is 63.4 Å². The lowest BCUT2D eigenvalue weighted by Gasteiger charge is -2.53. The van der Waals surface area contributed by atoms with E-state index in [1.54, 1.807) is 5.57 Å². The van der Waals surface area contributed by atoms with E-state index in [0.717, 1.165) is 32.1 Å². The topological polar surface area (TPSA) is 40.5 Å². The summed E-state index contributed by atoms with van der Waals surface area (Å²) < 4.78 is 0. The molecule has 2 fully saturated rings. The van der Waals surface area contributed by atoms with Gasteiger partial charge in [-0.1, -0.05) is 36.5 Å². The Bertz CT molecular complexity index is 1090. The van der Waals surface area contributed by atoms with Gasteiger partial charge in [0.05, 0.1) is 5.88 Å². The van der Waals surface area contributed by atoms with Crippen LogP contribution in [0.5, 0.6) is 0 Å². The molecule has 0 spiro atoms. The molecule has 1 aromatic rings. The molecule has 4 heteroatoms. The number of rotatable bonds is 2. The first kappa shape index (κ1) is 22.8. The summed E-state index contributed by atoms with van der Waals surface area (Å²) in [5.41, 5.74) is 5.48. The van der Waals surface area contributed by atoms with E-state index < -0.39 is 5.60 Å². The third-order valence-electron chi connectivity index (χ3n) is 9.06. The molecular formula is C29H34ClNO2. The van der Waals surface area contributed by atoms with Crippen molar-refractivity contribution in [3.05, 3.63) is 52.6 Å². The first-order valence-corrected chi connectivity index (χ1v) is 12.8. The van der Waals surface area contributed by atoms with Crippen LogP contribution in [0.15, 0.2) is 47.1 Å². The normalized spacial score (nSPS) is 35.1. The molecule has 5 rings (SSSR count). The number of hydrogen-bond acceptors (Lipinski definition) is 3. The van der Waals surface area contributed by atoms with Gasteiger partial charge in [-0.25, -0.2) is 0 Å². The van der Waals surface area contributed by atoms with Gasteiger partial charge in [-0.05, 0) is 85.3 Å². The predicted octanol–water partition coefficient (Wildman–Crippen LogP) is 5.63. The Hall–Kier alpha value is -2.02. The van der Waals surface area contributed by atoms with Crippen LogP contribution < -0.4 is 4.90 Å². The zero-order valence-corrected chi connectivity index (χ0v) is 20.7. The van der Waals surface area contributed by atoms with Gasteiger partial charge in [0.1, 0.15) is 5.60 Å². The van der Waals surface area contributed by atoms with Gasteiger partial charge in [0.15, 0.2) is 5.78 Å². The second-order valence-electron chi connectivity index (χ2n) is 10.8.